The van der Waals surface area contributed by atoms with E-state index in [4.69, 9.17) is 0 Å². The molecular weight excluding hydrogens is 292 g/mol. The Hall–Kier alpha value is -2.20. The third-order valence-corrected chi connectivity index (χ3v) is 4.51. The minimum atomic E-state index is 0.153. The molecule has 2 heterocycles. The van der Waals surface area contributed by atoms with Crippen molar-refractivity contribution in [2.24, 2.45) is 0 Å². The molecule has 0 unspecified atom stereocenters. The Morgan fingerprint density at radius 3 is 2.05 bits per heavy atom. The minimum absolute atomic E-state index is 0.153. The number of H-pyrrole nitrogens is 2. The summed E-state index contributed by atoms with van der Waals surface area (Å²) < 4.78 is 0. The molecule has 0 aliphatic rings. The number of thioether (sulfide) groups is 1. The summed E-state index contributed by atoms with van der Waals surface area (Å²) in [7, 11) is 0. The molecule has 1 aromatic carbocycles. The van der Waals surface area contributed by atoms with Gasteiger partial charge in [0.15, 0.2) is 5.12 Å². The van der Waals surface area contributed by atoms with Crippen LogP contribution in [0.1, 0.15) is 35.4 Å². The largest absolute Gasteiger partial charge is 0.364 e. The van der Waals surface area contributed by atoms with E-state index in [1.807, 2.05) is 24.5 Å². The lowest BCUT2D eigenvalue weighted by Crippen LogP contribution is -2.04. The second kappa shape index (κ2) is 6.71. The minimum Gasteiger partial charge on any atom is -0.364 e. The van der Waals surface area contributed by atoms with Crippen LogP contribution in [0, 0.1) is 0 Å². The molecule has 22 heavy (non-hydrogen) atoms. The van der Waals surface area contributed by atoms with Gasteiger partial charge in [-0.3, -0.25) is 4.79 Å². The molecule has 0 saturated heterocycles. The van der Waals surface area contributed by atoms with Gasteiger partial charge < -0.3 is 9.97 Å². The number of benzene rings is 1. The fraction of sp³-hybridized carbons (Fsp3) is 0.167. The van der Waals surface area contributed by atoms with Gasteiger partial charge in [0, 0.05) is 36.5 Å². The van der Waals surface area contributed by atoms with E-state index in [2.05, 4.69) is 46.4 Å². The summed E-state index contributed by atoms with van der Waals surface area (Å²) in [6.07, 6.45) is 3.90. The first-order valence-electron chi connectivity index (χ1n) is 7.23. The van der Waals surface area contributed by atoms with Gasteiger partial charge in [-0.25, -0.2) is 0 Å². The van der Waals surface area contributed by atoms with E-state index in [-0.39, 0.29) is 11.0 Å². The fourth-order valence-corrected chi connectivity index (χ4v) is 3.13. The van der Waals surface area contributed by atoms with Crippen LogP contribution in [-0.4, -0.2) is 15.1 Å². The van der Waals surface area contributed by atoms with Crippen molar-refractivity contribution in [2.75, 3.05) is 0 Å². The number of nitrogens with one attached hydrogen (secondary N) is 2. The van der Waals surface area contributed by atoms with Crippen LogP contribution in [0.3, 0.4) is 0 Å². The Balaban J connectivity index is 1.87. The average Bonchev–Trinajstić information content (AvgIpc) is 3.20. The summed E-state index contributed by atoms with van der Waals surface area (Å²) in [5, 5.41) is 0.153. The van der Waals surface area contributed by atoms with Crippen molar-refractivity contribution in [3.05, 3.63) is 83.4 Å². The second-order valence-electron chi connectivity index (χ2n) is 5.21. The Morgan fingerprint density at radius 1 is 1.00 bits per heavy atom. The van der Waals surface area contributed by atoms with Crippen molar-refractivity contribution in [1.29, 1.82) is 0 Å². The van der Waals surface area contributed by atoms with E-state index < -0.39 is 0 Å². The SMILES string of the molecule is CC(=O)SCc1ccc(C(c2ccc[nH]2)c2ccc[nH]2)cc1. The standard InChI is InChI=1S/C18H18N2OS/c1-13(21)22-12-14-6-8-15(9-7-14)18(16-4-2-10-19-16)17-5-3-11-20-17/h2-11,18-20H,12H2,1H3. The van der Waals surface area contributed by atoms with Gasteiger partial charge >= 0.3 is 0 Å². The normalized spacial score (nSPS) is 11.0. The highest BCUT2D eigenvalue weighted by atomic mass is 32.2. The number of aromatic amines is 2. The molecule has 0 fully saturated rings. The zero-order chi connectivity index (χ0) is 15.4. The highest BCUT2D eigenvalue weighted by Gasteiger charge is 2.18. The highest BCUT2D eigenvalue weighted by molar-refractivity contribution is 8.12. The monoisotopic (exact) mass is 310 g/mol. The van der Waals surface area contributed by atoms with Gasteiger partial charge in [0.1, 0.15) is 0 Å². The van der Waals surface area contributed by atoms with Crippen molar-refractivity contribution >= 4 is 16.9 Å². The molecule has 2 aromatic heterocycles. The van der Waals surface area contributed by atoms with Crippen molar-refractivity contribution in [1.82, 2.24) is 9.97 Å². The van der Waals surface area contributed by atoms with E-state index in [9.17, 15) is 4.79 Å². The average molecular weight is 310 g/mol. The maximum Gasteiger partial charge on any atom is 0.186 e. The van der Waals surface area contributed by atoms with Crippen LogP contribution in [-0.2, 0) is 10.5 Å². The van der Waals surface area contributed by atoms with Gasteiger partial charge in [-0.05, 0) is 35.4 Å². The smallest absolute Gasteiger partial charge is 0.186 e. The summed E-state index contributed by atoms with van der Waals surface area (Å²) in [6, 6.07) is 16.7. The van der Waals surface area contributed by atoms with Crippen LogP contribution in [0.25, 0.3) is 0 Å². The van der Waals surface area contributed by atoms with Gasteiger partial charge in [0.05, 0.1) is 5.92 Å². The molecule has 0 aliphatic heterocycles. The Morgan fingerprint density at radius 2 is 1.59 bits per heavy atom. The number of hydrogen-bond acceptors (Lipinski definition) is 2. The van der Waals surface area contributed by atoms with Crippen molar-refractivity contribution in [3.8, 4) is 0 Å². The molecule has 0 aliphatic carbocycles. The fourth-order valence-electron chi connectivity index (χ4n) is 2.57. The van der Waals surface area contributed by atoms with E-state index in [0.717, 1.165) is 17.1 Å². The number of hydrogen-bond donors (Lipinski definition) is 2. The summed E-state index contributed by atoms with van der Waals surface area (Å²) in [4.78, 5) is 17.7. The van der Waals surface area contributed by atoms with Crippen LogP contribution in [0.5, 0.6) is 0 Å². The van der Waals surface area contributed by atoms with Gasteiger partial charge in [0.25, 0.3) is 0 Å². The maximum absolute atomic E-state index is 11.1. The molecule has 3 aromatic rings. The molecule has 4 heteroatoms. The molecule has 0 saturated carbocycles. The summed E-state index contributed by atoms with van der Waals surface area (Å²) in [5.41, 5.74) is 4.71. The van der Waals surface area contributed by atoms with E-state index in [0.29, 0.717) is 0 Å². The van der Waals surface area contributed by atoms with Crippen LogP contribution in [0.2, 0.25) is 0 Å². The second-order valence-corrected chi connectivity index (χ2v) is 6.36. The zero-order valence-electron chi connectivity index (χ0n) is 12.4. The van der Waals surface area contributed by atoms with E-state index in [1.54, 1.807) is 6.92 Å². The summed E-state index contributed by atoms with van der Waals surface area (Å²) >= 11 is 1.34. The molecule has 0 amide bonds. The van der Waals surface area contributed by atoms with Crippen LogP contribution >= 0.6 is 11.8 Å². The van der Waals surface area contributed by atoms with Crippen molar-refractivity contribution in [2.45, 2.75) is 18.6 Å². The lowest BCUT2D eigenvalue weighted by molar-refractivity contribution is -0.109. The molecule has 0 radical (unpaired) electrons. The maximum atomic E-state index is 11.1. The number of carbonyl (C=O) groups excluding carboxylic acids is 1. The van der Waals surface area contributed by atoms with Crippen molar-refractivity contribution in [3.63, 3.8) is 0 Å². The van der Waals surface area contributed by atoms with E-state index in [1.165, 1.54) is 22.9 Å². The molecule has 0 atom stereocenters. The summed E-state index contributed by atoms with van der Waals surface area (Å²) in [5.74, 6) is 0.894. The number of rotatable bonds is 5. The van der Waals surface area contributed by atoms with Gasteiger partial charge in [-0.2, -0.15) is 0 Å². The Bertz CT molecular complexity index is 681. The predicted molar refractivity (Wildman–Crippen MR) is 90.9 cm³/mol. The van der Waals surface area contributed by atoms with Gasteiger partial charge in [-0.1, -0.05) is 36.0 Å². The lowest BCUT2D eigenvalue weighted by atomic mass is 9.92. The quantitative estimate of drug-likeness (QED) is 0.738. The lowest BCUT2D eigenvalue weighted by Gasteiger charge is -2.16. The first-order chi connectivity index (χ1) is 10.7. The molecule has 0 bridgehead atoms. The zero-order valence-corrected chi connectivity index (χ0v) is 13.2. The highest BCUT2D eigenvalue weighted by Crippen LogP contribution is 2.30. The number of carbonyl (C=O) groups is 1. The van der Waals surface area contributed by atoms with Crippen LogP contribution in [0.15, 0.2) is 60.9 Å². The molecular formula is C18H18N2OS. The van der Waals surface area contributed by atoms with Crippen LogP contribution < -0.4 is 0 Å². The molecule has 0 spiro atoms. The first kappa shape index (κ1) is 14.7. The van der Waals surface area contributed by atoms with Crippen LogP contribution in [0.4, 0.5) is 0 Å². The Labute approximate surface area is 134 Å². The molecule has 112 valence electrons. The third kappa shape index (κ3) is 3.34. The Kier molecular flexibility index (Phi) is 4.49. The first-order valence-corrected chi connectivity index (χ1v) is 8.21. The molecule has 3 nitrogen and oxygen atoms in total. The summed E-state index contributed by atoms with van der Waals surface area (Å²) in [6.45, 7) is 1.60. The van der Waals surface area contributed by atoms with Crippen molar-refractivity contribution < 1.29 is 4.79 Å². The molecule has 3 rings (SSSR count). The molecule has 2 N–H and O–H groups in total. The van der Waals surface area contributed by atoms with Gasteiger partial charge in [-0.15, -0.1) is 0 Å². The third-order valence-electron chi connectivity index (χ3n) is 3.62. The predicted octanol–water partition coefficient (Wildman–Crippen LogP) is 4.30. The number of aromatic nitrogens is 2. The van der Waals surface area contributed by atoms with Gasteiger partial charge in [0.2, 0.25) is 0 Å². The van der Waals surface area contributed by atoms with E-state index >= 15 is 0 Å². The topological polar surface area (TPSA) is 48.6 Å².